The van der Waals surface area contributed by atoms with Crippen molar-refractivity contribution >= 4 is 27.6 Å². The molecule has 0 saturated carbocycles. The van der Waals surface area contributed by atoms with Gasteiger partial charge in [0.2, 0.25) is 15.9 Å². The molecule has 7 nitrogen and oxygen atoms in total. The minimum atomic E-state index is -3.51. The van der Waals surface area contributed by atoms with Crippen molar-refractivity contribution in [2.24, 2.45) is 5.92 Å². The molecule has 0 unspecified atom stereocenters. The second-order valence-corrected chi connectivity index (χ2v) is 7.85. The highest BCUT2D eigenvalue weighted by Crippen LogP contribution is 2.24. The minimum absolute atomic E-state index is 0.197. The molecule has 1 amide bonds. The summed E-state index contributed by atoms with van der Waals surface area (Å²) in [6, 6.07) is 5.94. The number of carbonyl (C=O) groups is 2. The predicted octanol–water partition coefficient (Wildman–Crippen LogP) is 1.61. The molecule has 2 rings (SSSR count). The molecule has 0 atom stereocenters. The number of benzene rings is 1. The van der Waals surface area contributed by atoms with Crippen LogP contribution in [0.3, 0.4) is 0 Å². The van der Waals surface area contributed by atoms with Gasteiger partial charge in [0.1, 0.15) is 6.42 Å². The number of carbonyl (C=O) groups excluding carboxylic acids is 2. The number of hydrogen-bond acceptors (Lipinski definition) is 5. The highest BCUT2D eigenvalue weighted by Gasteiger charge is 2.27. The lowest BCUT2D eigenvalue weighted by Gasteiger charge is -2.29. The standard InChI is InChI=1S/C16H22N2O5S/c1-12-7-9-18(10-8-12)24(21,22)14-5-3-13(4-6-14)17-15(19)11-16(20)23-2/h3-6,12H,7-11H2,1-2H3,(H,17,19). The van der Waals surface area contributed by atoms with Gasteiger partial charge >= 0.3 is 5.97 Å². The molecule has 1 fully saturated rings. The Hall–Kier alpha value is -1.93. The first-order chi connectivity index (χ1) is 11.3. The van der Waals surface area contributed by atoms with Gasteiger partial charge in [-0.15, -0.1) is 0 Å². The van der Waals surface area contributed by atoms with Crippen molar-refractivity contribution in [2.75, 3.05) is 25.5 Å². The summed E-state index contributed by atoms with van der Waals surface area (Å²) in [5.41, 5.74) is 0.426. The van der Waals surface area contributed by atoms with Gasteiger partial charge in [-0.25, -0.2) is 8.42 Å². The van der Waals surface area contributed by atoms with Crippen molar-refractivity contribution in [3.05, 3.63) is 24.3 Å². The topological polar surface area (TPSA) is 92.8 Å². The number of anilines is 1. The van der Waals surface area contributed by atoms with Gasteiger partial charge in [-0.2, -0.15) is 4.31 Å². The Bertz CT molecular complexity index is 692. The monoisotopic (exact) mass is 354 g/mol. The van der Waals surface area contributed by atoms with Crippen LogP contribution in [0.15, 0.2) is 29.2 Å². The molecule has 1 heterocycles. The van der Waals surface area contributed by atoms with E-state index in [0.717, 1.165) is 12.8 Å². The van der Waals surface area contributed by atoms with Crippen molar-refractivity contribution < 1.29 is 22.7 Å². The minimum Gasteiger partial charge on any atom is -0.469 e. The van der Waals surface area contributed by atoms with Crippen LogP contribution >= 0.6 is 0 Å². The summed E-state index contributed by atoms with van der Waals surface area (Å²) in [5.74, 6) is -0.600. The Morgan fingerprint density at radius 1 is 1.21 bits per heavy atom. The number of hydrogen-bond donors (Lipinski definition) is 1. The zero-order valence-corrected chi connectivity index (χ0v) is 14.6. The lowest BCUT2D eigenvalue weighted by atomic mass is 10.0. The van der Waals surface area contributed by atoms with E-state index in [9.17, 15) is 18.0 Å². The van der Waals surface area contributed by atoms with Gasteiger partial charge in [0.15, 0.2) is 0 Å². The van der Waals surface area contributed by atoms with Crippen LogP contribution in [0.2, 0.25) is 0 Å². The average molecular weight is 354 g/mol. The Morgan fingerprint density at radius 3 is 2.33 bits per heavy atom. The van der Waals surface area contributed by atoms with E-state index in [0.29, 0.717) is 24.7 Å². The molecule has 1 aliphatic rings. The molecule has 0 aliphatic carbocycles. The zero-order valence-electron chi connectivity index (χ0n) is 13.8. The van der Waals surface area contributed by atoms with Gasteiger partial charge in [0.05, 0.1) is 12.0 Å². The third-order valence-corrected chi connectivity index (χ3v) is 5.96. The number of sulfonamides is 1. The summed E-state index contributed by atoms with van der Waals surface area (Å²) >= 11 is 0. The number of nitrogens with one attached hydrogen (secondary N) is 1. The van der Waals surface area contributed by atoms with Crippen LogP contribution in [-0.4, -0.2) is 44.8 Å². The van der Waals surface area contributed by atoms with Gasteiger partial charge in [0, 0.05) is 18.8 Å². The Morgan fingerprint density at radius 2 is 1.79 bits per heavy atom. The van der Waals surface area contributed by atoms with E-state index in [1.54, 1.807) is 0 Å². The van der Waals surface area contributed by atoms with Crippen LogP contribution in [0.25, 0.3) is 0 Å². The number of rotatable bonds is 5. The van der Waals surface area contributed by atoms with Crippen molar-refractivity contribution in [3.63, 3.8) is 0 Å². The van der Waals surface area contributed by atoms with Crippen LogP contribution in [-0.2, 0) is 24.3 Å². The predicted molar refractivity (Wildman–Crippen MR) is 88.9 cm³/mol. The van der Waals surface area contributed by atoms with E-state index >= 15 is 0 Å². The van der Waals surface area contributed by atoms with Crippen LogP contribution in [0.4, 0.5) is 5.69 Å². The van der Waals surface area contributed by atoms with Crippen LogP contribution in [0.5, 0.6) is 0 Å². The molecule has 1 aromatic carbocycles. The molecular weight excluding hydrogens is 332 g/mol. The Balaban J connectivity index is 2.03. The maximum absolute atomic E-state index is 12.6. The lowest BCUT2D eigenvalue weighted by molar-refractivity contribution is -0.142. The Kier molecular flexibility index (Phi) is 5.95. The van der Waals surface area contributed by atoms with Crippen LogP contribution in [0.1, 0.15) is 26.2 Å². The van der Waals surface area contributed by atoms with Gasteiger partial charge in [-0.3, -0.25) is 9.59 Å². The normalized spacial score (nSPS) is 16.6. The van der Waals surface area contributed by atoms with Crippen molar-refractivity contribution in [2.45, 2.75) is 31.1 Å². The molecule has 132 valence electrons. The van der Waals surface area contributed by atoms with E-state index < -0.39 is 21.9 Å². The zero-order chi connectivity index (χ0) is 17.7. The molecule has 1 N–H and O–H groups in total. The molecule has 0 radical (unpaired) electrons. The van der Waals surface area contributed by atoms with Gasteiger partial charge < -0.3 is 10.1 Å². The molecule has 1 aliphatic heterocycles. The number of piperidine rings is 1. The fourth-order valence-electron chi connectivity index (χ4n) is 2.49. The largest absolute Gasteiger partial charge is 0.469 e. The van der Waals surface area contributed by atoms with Gasteiger partial charge in [-0.05, 0) is 43.0 Å². The van der Waals surface area contributed by atoms with Crippen molar-refractivity contribution in [1.29, 1.82) is 0 Å². The first-order valence-electron chi connectivity index (χ1n) is 7.80. The quantitative estimate of drug-likeness (QED) is 0.640. The van der Waals surface area contributed by atoms with Crippen molar-refractivity contribution in [3.8, 4) is 0 Å². The van der Waals surface area contributed by atoms with Crippen LogP contribution < -0.4 is 5.32 Å². The smallest absolute Gasteiger partial charge is 0.315 e. The van der Waals surface area contributed by atoms with E-state index in [4.69, 9.17) is 0 Å². The lowest BCUT2D eigenvalue weighted by Crippen LogP contribution is -2.37. The summed E-state index contributed by atoms with van der Waals surface area (Å²) < 4.78 is 31.1. The third-order valence-electron chi connectivity index (χ3n) is 4.05. The van der Waals surface area contributed by atoms with E-state index in [1.165, 1.54) is 35.7 Å². The molecule has 0 bridgehead atoms. The van der Waals surface area contributed by atoms with Crippen molar-refractivity contribution in [1.82, 2.24) is 4.31 Å². The van der Waals surface area contributed by atoms with Gasteiger partial charge in [0.25, 0.3) is 0 Å². The molecular formula is C16H22N2O5S. The summed E-state index contributed by atoms with van der Waals surface area (Å²) in [7, 11) is -2.30. The molecule has 8 heteroatoms. The molecule has 1 saturated heterocycles. The summed E-state index contributed by atoms with van der Waals surface area (Å²) in [6.45, 7) is 3.18. The number of nitrogens with zero attached hydrogens (tertiary/aromatic N) is 1. The third kappa shape index (κ3) is 4.55. The van der Waals surface area contributed by atoms with Gasteiger partial charge in [-0.1, -0.05) is 6.92 Å². The maximum atomic E-state index is 12.6. The fraction of sp³-hybridized carbons (Fsp3) is 0.500. The fourth-order valence-corrected chi connectivity index (χ4v) is 3.96. The van der Waals surface area contributed by atoms with Crippen LogP contribution in [0, 0.1) is 5.92 Å². The average Bonchev–Trinajstić information content (AvgIpc) is 2.55. The highest BCUT2D eigenvalue weighted by atomic mass is 32.2. The van der Waals surface area contributed by atoms with E-state index in [-0.39, 0.29) is 11.3 Å². The first kappa shape index (κ1) is 18.4. The first-order valence-corrected chi connectivity index (χ1v) is 9.24. The van der Waals surface area contributed by atoms with E-state index in [2.05, 4.69) is 17.0 Å². The summed E-state index contributed by atoms with van der Waals surface area (Å²) in [5, 5.41) is 2.52. The number of amides is 1. The maximum Gasteiger partial charge on any atom is 0.315 e. The summed E-state index contributed by atoms with van der Waals surface area (Å²) in [4.78, 5) is 22.8. The molecule has 0 aromatic heterocycles. The second-order valence-electron chi connectivity index (χ2n) is 5.91. The molecule has 1 aromatic rings. The molecule has 0 spiro atoms. The SMILES string of the molecule is COC(=O)CC(=O)Nc1ccc(S(=O)(=O)N2CCC(C)CC2)cc1. The summed E-state index contributed by atoms with van der Waals surface area (Å²) in [6.07, 6.45) is 1.34. The highest BCUT2D eigenvalue weighted by molar-refractivity contribution is 7.89. The number of ether oxygens (including phenoxy) is 1. The molecule has 24 heavy (non-hydrogen) atoms. The van der Waals surface area contributed by atoms with E-state index in [1.807, 2.05) is 0 Å². The number of methoxy groups -OCH3 is 1. The second kappa shape index (κ2) is 7.76. The Labute approximate surface area is 142 Å². The number of esters is 1.